The van der Waals surface area contributed by atoms with Crippen LogP contribution in [-0.2, 0) is 12.0 Å². The first-order valence-electron chi connectivity index (χ1n) is 5.46. The average Bonchev–Trinajstić information content (AvgIpc) is 2.77. The fraction of sp³-hybridized carbons (Fsp3) is 0.500. The molecule has 0 saturated heterocycles. The first kappa shape index (κ1) is 12.7. The fourth-order valence-electron chi connectivity index (χ4n) is 1.27. The minimum absolute atomic E-state index is 0.159. The number of rotatable bonds is 3. The molecular formula is C10H14ClN7. The second-order valence-corrected chi connectivity index (χ2v) is 5.22. The molecule has 0 bridgehead atoms. The summed E-state index contributed by atoms with van der Waals surface area (Å²) in [5.41, 5.74) is -0.159. The molecule has 0 amide bonds. The SMILES string of the molecule is CC(C)(C)c1nc(Cl)cc(NCc2nn[nH]n2)n1. The number of hydrogen-bond donors (Lipinski definition) is 2. The number of tetrazole rings is 1. The van der Waals surface area contributed by atoms with Crippen LogP contribution < -0.4 is 5.32 Å². The topological polar surface area (TPSA) is 92.3 Å². The monoisotopic (exact) mass is 267 g/mol. The molecule has 0 unspecified atom stereocenters. The maximum absolute atomic E-state index is 5.98. The van der Waals surface area contributed by atoms with Crippen LogP contribution in [0.3, 0.4) is 0 Å². The molecule has 7 nitrogen and oxygen atoms in total. The molecular weight excluding hydrogens is 254 g/mol. The summed E-state index contributed by atoms with van der Waals surface area (Å²) >= 11 is 5.98. The maximum Gasteiger partial charge on any atom is 0.193 e. The maximum atomic E-state index is 5.98. The summed E-state index contributed by atoms with van der Waals surface area (Å²) in [6.45, 7) is 6.51. The highest BCUT2D eigenvalue weighted by Crippen LogP contribution is 2.22. The molecule has 0 fully saturated rings. The van der Waals surface area contributed by atoms with E-state index in [9.17, 15) is 0 Å². The van der Waals surface area contributed by atoms with Gasteiger partial charge in [0.15, 0.2) is 5.82 Å². The van der Waals surface area contributed by atoms with E-state index in [1.165, 1.54) is 0 Å². The molecule has 0 aliphatic rings. The molecule has 2 heterocycles. The summed E-state index contributed by atoms with van der Waals surface area (Å²) in [6.07, 6.45) is 0. The highest BCUT2D eigenvalue weighted by molar-refractivity contribution is 6.29. The molecule has 2 aromatic rings. The number of hydrogen-bond acceptors (Lipinski definition) is 6. The fourth-order valence-corrected chi connectivity index (χ4v) is 1.45. The molecule has 8 heteroatoms. The Morgan fingerprint density at radius 2 is 2.11 bits per heavy atom. The lowest BCUT2D eigenvalue weighted by Crippen LogP contribution is -2.17. The summed E-state index contributed by atoms with van der Waals surface area (Å²) in [5, 5.41) is 17.0. The molecule has 96 valence electrons. The second-order valence-electron chi connectivity index (χ2n) is 4.83. The van der Waals surface area contributed by atoms with Gasteiger partial charge in [0.25, 0.3) is 0 Å². The van der Waals surface area contributed by atoms with Gasteiger partial charge in [-0.1, -0.05) is 37.6 Å². The first-order chi connectivity index (χ1) is 8.45. The number of aromatic amines is 1. The lowest BCUT2D eigenvalue weighted by Gasteiger charge is -2.17. The lowest BCUT2D eigenvalue weighted by atomic mass is 9.96. The van der Waals surface area contributed by atoms with Crippen LogP contribution in [0.2, 0.25) is 5.15 Å². The molecule has 0 radical (unpaired) electrons. The summed E-state index contributed by atoms with van der Waals surface area (Å²) in [5.74, 6) is 1.89. The number of aromatic nitrogens is 6. The van der Waals surface area contributed by atoms with Crippen LogP contribution in [0, 0.1) is 0 Å². The summed E-state index contributed by atoms with van der Waals surface area (Å²) in [7, 11) is 0. The smallest absolute Gasteiger partial charge is 0.193 e. The van der Waals surface area contributed by atoms with E-state index >= 15 is 0 Å². The van der Waals surface area contributed by atoms with Gasteiger partial charge in [-0.3, -0.25) is 0 Å². The minimum atomic E-state index is -0.159. The molecule has 18 heavy (non-hydrogen) atoms. The second kappa shape index (κ2) is 4.85. The summed E-state index contributed by atoms with van der Waals surface area (Å²) < 4.78 is 0. The van der Waals surface area contributed by atoms with Crippen LogP contribution in [0.15, 0.2) is 6.07 Å². The van der Waals surface area contributed by atoms with E-state index in [-0.39, 0.29) is 5.41 Å². The molecule has 2 aromatic heterocycles. The van der Waals surface area contributed by atoms with Crippen molar-refractivity contribution in [3.05, 3.63) is 22.9 Å². The molecule has 0 aliphatic carbocycles. The average molecular weight is 268 g/mol. The van der Waals surface area contributed by atoms with Gasteiger partial charge in [0, 0.05) is 11.5 Å². The molecule has 0 spiro atoms. The van der Waals surface area contributed by atoms with Crippen LogP contribution in [0.1, 0.15) is 32.4 Å². The lowest BCUT2D eigenvalue weighted by molar-refractivity contribution is 0.546. The Bertz CT molecular complexity index is 518. The van der Waals surface area contributed by atoms with E-state index in [4.69, 9.17) is 11.6 Å². The number of H-pyrrole nitrogens is 1. The zero-order valence-electron chi connectivity index (χ0n) is 10.4. The third-order valence-electron chi connectivity index (χ3n) is 2.18. The van der Waals surface area contributed by atoms with Gasteiger partial charge in [-0.25, -0.2) is 9.97 Å². The van der Waals surface area contributed by atoms with E-state index < -0.39 is 0 Å². The third-order valence-corrected chi connectivity index (χ3v) is 2.38. The highest BCUT2D eigenvalue weighted by atomic mass is 35.5. The summed E-state index contributed by atoms with van der Waals surface area (Å²) in [6, 6.07) is 1.66. The van der Waals surface area contributed by atoms with Crippen molar-refractivity contribution in [1.29, 1.82) is 0 Å². The van der Waals surface area contributed by atoms with E-state index in [2.05, 4.69) is 35.9 Å². The van der Waals surface area contributed by atoms with Crippen molar-refractivity contribution in [2.45, 2.75) is 32.7 Å². The number of nitrogens with one attached hydrogen (secondary N) is 2. The number of halogens is 1. The number of nitrogens with zero attached hydrogens (tertiary/aromatic N) is 5. The van der Waals surface area contributed by atoms with Crippen molar-refractivity contribution in [2.75, 3.05) is 5.32 Å². The quantitative estimate of drug-likeness (QED) is 0.820. The number of anilines is 1. The molecule has 0 saturated carbocycles. The Hall–Kier alpha value is -1.76. The van der Waals surface area contributed by atoms with Crippen molar-refractivity contribution in [3.8, 4) is 0 Å². The van der Waals surface area contributed by atoms with Gasteiger partial charge in [-0.15, -0.1) is 10.2 Å². The Morgan fingerprint density at radius 1 is 1.33 bits per heavy atom. The van der Waals surface area contributed by atoms with E-state index in [1.54, 1.807) is 6.07 Å². The Labute approximate surface area is 109 Å². The van der Waals surface area contributed by atoms with Crippen molar-refractivity contribution in [1.82, 2.24) is 30.6 Å². The van der Waals surface area contributed by atoms with E-state index in [1.807, 2.05) is 20.8 Å². The summed E-state index contributed by atoms with van der Waals surface area (Å²) in [4.78, 5) is 8.63. The Kier molecular flexibility index (Phi) is 3.42. The van der Waals surface area contributed by atoms with Gasteiger partial charge < -0.3 is 5.32 Å². The highest BCUT2D eigenvalue weighted by Gasteiger charge is 2.18. The molecule has 0 aliphatic heterocycles. The third kappa shape index (κ3) is 3.13. The largest absolute Gasteiger partial charge is 0.362 e. The minimum Gasteiger partial charge on any atom is -0.362 e. The zero-order valence-corrected chi connectivity index (χ0v) is 11.2. The molecule has 0 aromatic carbocycles. The Balaban J connectivity index is 2.15. The normalized spacial score (nSPS) is 11.6. The standard InChI is InChI=1S/C10H14ClN7/c1-10(2,3)9-13-6(11)4-7(14-9)12-5-8-15-17-18-16-8/h4H,5H2,1-3H3,(H,12,13,14)(H,15,16,17,18). The van der Waals surface area contributed by atoms with Crippen LogP contribution >= 0.6 is 11.6 Å². The van der Waals surface area contributed by atoms with Crippen molar-refractivity contribution < 1.29 is 0 Å². The van der Waals surface area contributed by atoms with Gasteiger partial charge in [0.1, 0.15) is 16.8 Å². The predicted octanol–water partition coefficient (Wildman–Crippen LogP) is 1.55. The predicted molar refractivity (Wildman–Crippen MR) is 67.2 cm³/mol. The van der Waals surface area contributed by atoms with Crippen molar-refractivity contribution in [3.63, 3.8) is 0 Å². The van der Waals surface area contributed by atoms with Crippen molar-refractivity contribution in [2.24, 2.45) is 0 Å². The van der Waals surface area contributed by atoms with Gasteiger partial charge in [-0.2, -0.15) is 5.21 Å². The van der Waals surface area contributed by atoms with Crippen molar-refractivity contribution >= 4 is 17.4 Å². The van der Waals surface area contributed by atoms with Gasteiger partial charge in [0.2, 0.25) is 0 Å². The van der Waals surface area contributed by atoms with Crippen LogP contribution in [0.5, 0.6) is 0 Å². The van der Waals surface area contributed by atoms with Gasteiger partial charge >= 0.3 is 0 Å². The van der Waals surface area contributed by atoms with E-state index in [0.29, 0.717) is 29.2 Å². The van der Waals surface area contributed by atoms with Gasteiger partial charge in [0.05, 0.1) is 6.54 Å². The van der Waals surface area contributed by atoms with Gasteiger partial charge in [-0.05, 0) is 0 Å². The van der Waals surface area contributed by atoms with Crippen LogP contribution in [-0.4, -0.2) is 30.6 Å². The zero-order chi connectivity index (χ0) is 13.2. The Morgan fingerprint density at radius 3 is 2.72 bits per heavy atom. The molecule has 2 N–H and O–H groups in total. The van der Waals surface area contributed by atoms with Crippen LogP contribution in [0.4, 0.5) is 5.82 Å². The van der Waals surface area contributed by atoms with Crippen LogP contribution in [0.25, 0.3) is 0 Å². The first-order valence-corrected chi connectivity index (χ1v) is 5.84. The molecule has 0 atom stereocenters. The van der Waals surface area contributed by atoms with E-state index in [0.717, 1.165) is 0 Å². The molecule has 2 rings (SSSR count).